The van der Waals surface area contributed by atoms with Crippen molar-refractivity contribution in [2.45, 2.75) is 111 Å². The second-order valence-corrected chi connectivity index (χ2v) is 12.3. The highest BCUT2D eigenvalue weighted by molar-refractivity contribution is 5.73. The minimum atomic E-state index is -0.404. The summed E-state index contributed by atoms with van der Waals surface area (Å²) >= 11 is 0. The van der Waals surface area contributed by atoms with Gasteiger partial charge in [0, 0.05) is 0 Å². The number of ether oxygens (including phenoxy) is 2. The third-order valence-electron chi connectivity index (χ3n) is 7.05. The first-order chi connectivity index (χ1) is 18.4. The van der Waals surface area contributed by atoms with Crippen molar-refractivity contribution in [3.63, 3.8) is 0 Å². The molecule has 6 heteroatoms. The molecule has 2 unspecified atom stereocenters. The smallest absolute Gasteiger partial charge is 0.311 e. The van der Waals surface area contributed by atoms with E-state index in [1.54, 1.807) is 24.3 Å². The van der Waals surface area contributed by atoms with Gasteiger partial charge in [0.2, 0.25) is 0 Å². The molecule has 0 heterocycles. The van der Waals surface area contributed by atoms with Gasteiger partial charge in [-0.2, -0.15) is 0 Å². The Morgan fingerprint density at radius 3 is 1.31 bits per heavy atom. The van der Waals surface area contributed by atoms with E-state index in [2.05, 4.69) is 27.7 Å². The quantitative estimate of drug-likeness (QED) is 0.153. The van der Waals surface area contributed by atoms with Gasteiger partial charge >= 0.3 is 11.9 Å². The topological polar surface area (TPSA) is 93.1 Å². The third kappa shape index (κ3) is 14.9. The Morgan fingerprint density at radius 1 is 0.615 bits per heavy atom. The Bertz CT molecular complexity index is 891. The minimum absolute atomic E-state index is 0.201. The fraction of sp³-hybridized carbons (Fsp3) is 0.576. The summed E-state index contributed by atoms with van der Waals surface area (Å²) < 4.78 is 10.8. The molecule has 39 heavy (non-hydrogen) atoms. The molecule has 6 nitrogen and oxygen atoms in total. The summed E-state index contributed by atoms with van der Waals surface area (Å²) in [5, 5.41) is 20.8. The van der Waals surface area contributed by atoms with Crippen LogP contribution >= 0.6 is 0 Å². The molecule has 0 fully saturated rings. The fourth-order valence-corrected chi connectivity index (χ4v) is 4.78. The van der Waals surface area contributed by atoms with Gasteiger partial charge in [-0.05, 0) is 80.0 Å². The van der Waals surface area contributed by atoms with E-state index in [1.165, 1.54) is 0 Å². The summed E-state index contributed by atoms with van der Waals surface area (Å²) in [6.45, 7) is 8.20. The molecule has 0 aliphatic rings. The van der Waals surface area contributed by atoms with Gasteiger partial charge in [0.1, 0.15) is 11.5 Å². The zero-order valence-electron chi connectivity index (χ0n) is 24.2. The zero-order valence-corrected chi connectivity index (χ0v) is 24.2. The van der Waals surface area contributed by atoms with Crippen molar-refractivity contribution in [2.24, 2.45) is 10.8 Å². The van der Waals surface area contributed by atoms with Crippen molar-refractivity contribution in [3.05, 3.63) is 60.7 Å². The van der Waals surface area contributed by atoms with E-state index < -0.39 is 12.2 Å². The molecule has 0 radical (unpaired) electrons. The molecule has 2 aromatic rings. The molecule has 0 amide bonds. The lowest BCUT2D eigenvalue weighted by molar-refractivity contribution is -0.137. The van der Waals surface area contributed by atoms with E-state index in [0.29, 0.717) is 50.0 Å². The molecule has 0 saturated carbocycles. The van der Waals surface area contributed by atoms with Crippen LogP contribution in [0.25, 0.3) is 0 Å². The highest BCUT2D eigenvalue weighted by Gasteiger charge is 2.25. The number of para-hydroxylation sites is 2. The van der Waals surface area contributed by atoms with E-state index >= 15 is 0 Å². The van der Waals surface area contributed by atoms with Gasteiger partial charge in [0.05, 0.1) is 25.0 Å². The van der Waals surface area contributed by atoms with Gasteiger partial charge < -0.3 is 19.7 Å². The summed E-state index contributed by atoms with van der Waals surface area (Å²) in [5.41, 5.74) is -0.401. The van der Waals surface area contributed by atoms with Gasteiger partial charge in [-0.3, -0.25) is 9.59 Å². The maximum atomic E-state index is 12.3. The summed E-state index contributed by atoms with van der Waals surface area (Å²) in [7, 11) is 0. The molecule has 2 atom stereocenters. The van der Waals surface area contributed by atoms with Crippen molar-refractivity contribution in [1.29, 1.82) is 0 Å². The number of carbonyl (C=O) groups is 2. The monoisotopic (exact) mass is 540 g/mol. The molecule has 0 aliphatic heterocycles. The SMILES string of the molecule is CC(C)(CCCC(O)CCCC(O)CCCC(C)(C)CC(=O)Oc1ccccc1)CC(=O)Oc1ccccc1. The first-order valence-electron chi connectivity index (χ1n) is 14.3. The Hall–Kier alpha value is -2.70. The lowest BCUT2D eigenvalue weighted by atomic mass is 9.83. The number of esters is 2. The van der Waals surface area contributed by atoms with Gasteiger partial charge in [-0.1, -0.05) is 76.9 Å². The Balaban J connectivity index is 1.54. The van der Waals surface area contributed by atoms with Crippen molar-refractivity contribution in [3.8, 4) is 11.5 Å². The van der Waals surface area contributed by atoms with Crippen LogP contribution in [0.15, 0.2) is 60.7 Å². The Morgan fingerprint density at radius 2 is 0.949 bits per heavy atom. The van der Waals surface area contributed by atoms with Gasteiger partial charge in [0.25, 0.3) is 0 Å². The van der Waals surface area contributed by atoms with Crippen LogP contribution in [0.1, 0.15) is 98.3 Å². The molecule has 0 aromatic heterocycles. The van der Waals surface area contributed by atoms with Crippen molar-refractivity contribution < 1.29 is 29.3 Å². The highest BCUT2D eigenvalue weighted by Crippen LogP contribution is 2.30. The molecule has 2 aromatic carbocycles. The molecule has 0 aliphatic carbocycles. The van der Waals surface area contributed by atoms with Gasteiger partial charge in [0.15, 0.2) is 0 Å². The van der Waals surface area contributed by atoms with Gasteiger partial charge in [-0.15, -0.1) is 0 Å². The number of benzene rings is 2. The summed E-state index contributed by atoms with van der Waals surface area (Å²) in [6, 6.07) is 18.2. The average Bonchev–Trinajstić information content (AvgIpc) is 2.84. The number of aliphatic hydroxyl groups excluding tert-OH is 2. The molecule has 216 valence electrons. The normalized spacial score (nSPS) is 13.5. The average molecular weight is 541 g/mol. The zero-order chi connectivity index (χ0) is 28.7. The molecular formula is C33H48O6. The number of aliphatic hydroxyl groups is 2. The third-order valence-corrected chi connectivity index (χ3v) is 7.05. The van der Waals surface area contributed by atoms with E-state index in [9.17, 15) is 19.8 Å². The van der Waals surface area contributed by atoms with E-state index in [-0.39, 0.29) is 22.8 Å². The predicted octanol–water partition coefficient (Wildman–Crippen LogP) is 7.26. The molecule has 0 bridgehead atoms. The fourth-order valence-electron chi connectivity index (χ4n) is 4.78. The number of hydrogen-bond donors (Lipinski definition) is 2. The van der Waals surface area contributed by atoms with E-state index in [0.717, 1.165) is 32.1 Å². The Kier molecular flexibility index (Phi) is 13.7. The maximum Gasteiger partial charge on any atom is 0.311 e. The lowest BCUT2D eigenvalue weighted by Crippen LogP contribution is -2.21. The van der Waals surface area contributed by atoms with Crippen LogP contribution in [-0.2, 0) is 9.59 Å². The van der Waals surface area contributed by atoms with E-state index in [4.69, 9.17) is 9.47 Å². The van der Waals surface area contributed by atoms with Gasteiger partial charge in [-0.25, -0.2) is 0 Å². The Labute approximate surface area is 234 Å². The summed E-state index contributed by atoms with van der Waals surface area (Å²) in [4.78, 5) is 24.5. The van der Waals surface area contributed by atoms with Crippen molar-refractivity contribution in [2.75, 3.05) is 0 Å². The second kappa shape index (κ2) is 16.4. The standard InChI is InChI=1S/C33H48O6/c1-32(2,24-30(36)38-28-18-7-5-8-19-28)22-12-16-26(34)14-11-15-27(35)17-13-23-33(3,4)25-31(37)39-29-20-9-6-10-21-29/h5-10,18-21,26-27,34-35H,11-17,22-25H2,1-4H3. The number of rotatable bonds is 18. The maximum absolute atomic E-state index is 12.3. The first-order valence-corrected chi connectivity index (χ1v) is 14.3. The molecule has 0 spiro atoms. The first kappa shape index (κ1) is 32.5. The summed E-state index contributed by atoms with van der Waals surface area (Å²) in [6.07, 6.45) is 6.60. The summed E-state index contributed by atoms with van der Waals surface area (Å²) in [5.74, 6) is 0.638. The van der Waals surface area contributed by atoms with Crippen LogP contribution in [0.5, 0.6) is 11.5 Å². The predicted molar refractivity (Wildman–Crippen MR) is 155 cm³/mol. The lowest BCUT2D eigenvalue weighted by Gasteiger charge is -2.24. The minimum Gasteiger partial charge on any atom is -0.427 e. The van der Waals surface area contributed by atoms with Crippen LogP contribution in [-0.4, -0.2) is 34.4 Å². The second-order valence-electron chi connectivity index (χ2n) is 12.3. The largest absolute Gasteiger partial charge is 0.427 e. The highest BCUT2D eigenvalue weighted by atomic mass is 16.5. The van der Waals surface area contributed by atoms with Crippen LogP contribution in [0.2, 0.25) is 0 Å². The van der Waals surface area contributed by atoms with E-state index in [1.807, 2.05) is 36.4 Å². The van der Waals surface area contributed by atoms with Crippen LogP contribution in [0.3, 0.4) is 0 Å². The van der Waals surface area contributed by atoms with Crippen LogP contribution < -0.4 is 9.47 Å². The number of hydrogen-bond acceptors (Lipinski definition) is 6. The molecule has 0 saturated heterocycles. The number of carbonyl (C=O) groups excluding carboxylic acids is 2. The van der Waals surface area contributed by atoms with Crippen molar-refractivity contribution in [1.82, 2.24) is 0 Å². The molecule has 2 rings (SSSR count). The van der Waals surface area contributed by atoms with Crippen LogP contribution in [0, 0.1) is 10.8 Å². The van der Waals surface area contributed by atoms with Crippen LogP contribution in [0.4, 0.5) is 0 Å². The molecule has 2 N–H and O–H groups in total. The molecular weight excluding hydrogens is 492 g/mol. The van der Waals surface area contributed by atoms with Crippen molar-refractivity contribution >= 4 is 11.9 Å².